The third-order valence-corrected chi connectivity index (χ3v) is 6.78. The van der Waals surface area contributed by atoms with Crippen LogP contribution in [0.3, 0.4) is 0 Å². The van der Waals surface area contributed by atoms with E-state index in [0.29, 0.717) is 29.9 Å². The minimum Gasteiger partial charge on any atom is -0.485 e. The van der Waals surface area contributed by atoms with Crippen LogP contribution in [0.4, 0.5) is 21.8 Å². The molecule has 188 valence electrons. The molecule has 0 fully saturated rings. The predicted molar refractivity (Wildman–Crippen MR) is 142 cm³/mol. The van der Waals surface area contributed by atoms with Crippen LogP contribution in [-0.4, -0.2) is 58.0 Å². The Morgan fingerprint density at radius 1 is 1.24 bits per heavy atom. The average Bonchev–Trinajstić information content (AvgIpc) is 3.28. The van der Waals surface area contributed by atoms with E-state index < -0.39 is 11.4 Å². The molecule has 1 atom stereocenters. The molecule has 0 bridgehead atoms. The van der Waals surface area contributed by atoms with E-state index >= 15 is 4.39 Å². The zero-order valence-corrected chi connectivity index (χ0v) is 20.7. The Morgan fingerprint density at radius 3 is 2.86 bits per heavy atom. The van der Waals surface area contributed by atoms with Gasteiger partial charge in [0.1, 0.15) is 17.2 Å². The predicted octanol–water partition coefficient (Wildman–Crippen LogP) is 3.37. The van der Waals surface area contributed by atoms with Gasteiger partial charge in [0.05, 0.1) is 40.4 Å². The van der Waals surface area contributed by atoms with E-state index in [0.717, 1.165) is 16.0 Å². The second-order valence-electron chi connectivity index (χ2n) is 8.95. The van der Waals surface area contributed by atoms with Gasteiger partial charge in [-0.2, -0.15) is 10.1 Å². The highest BCUT2D eigenvalue weighted by molar-refractivity contribution is 6.30. The first-order chi connectivity index (χ1) is 17.8. The molecule has 0 radical (unpaired) electrons. The maximum Gasteiger partial charge on any atom is 0.270 e. The van der Waals surface area contributed by atoms with Crippen molar-refractivity contribution in [2.24, 2.45) is 0 Å². The van der Waals surface area contributed by atoms with E-state index in [4.69, 9.17) is 22.1 Å². The number of benzene rings is 2. The van der Waals surface area contributed by atoms with Gasteiger partial charge in [-0.15, -0.1) is 0 Å². The number of likely N-dealkylation sites (N-methyl/N-ethyl adjacent to an activating group) is 2. The van der Waals surface area contributed by atoms with E-state index in [9.17, 15) is 4.79 Å². The molecule has 0 amide bonds. The molecule has 37 heavy (non-hydrogen) atoms. The molecule has 0 aliphatic carbocycles. The number of aromatic nitrogens is 5. The normalized spacial score (nSPS) is 15.1. The van der Waals surface area contributed by atoms with Gasteiger partial charge in [-0.25, -0.2) is 9.37 Å². The van der Waals surface area contributed by atoms with E-state index in [1.807, 2.05) is 43.3 Å². The standard InChI is InChI=1S/C25H22ClFN8O2/c1-33-11-13(37-18-9-4-3-7-16(18)33)12-34(2)25-29-10-14-21-19(22(28)32-31-21)24(36)35(23(14)30-25)17-8-5-6-15(26)20(17)27/h3-10,13H,11-12H2,1-2H3,(H3,28,31,32). The summed E-state index contributed by atoms with van der Waals surface area (Å²) in [6.45, 7) is 1.14. The van der Waals surface area contributed by atoms with Crippen molar-refractivity contribution < 1.29 is 9.13 Å². The lowest BCUT2D eigenvalue weighted by molar-refractivity contribution is 0.201. The summed E-state index contributed by atoms with van der Waals surface area (Å²) in [5.41, 5.74) is 6.93. The fraction of sp³-hybridized carbons (Fsp3) is 0.200. The van der Waals surface area contributed by atoms with Gasteiger partial charge >= 0.3 is 0 Å². The number of anilines is 3. The van der Waals surface area contributed by atoms with Crippen LogP contribution < -0.4 is 25.8 Å². The van der Waals surface area contributed by atoms with Crippen molar-refractivity contribution in [3.05, 3.63) is 69.9 Å². The fourth-order valence-electron chi connectivity index (χ4n) is 4.73. The first-order valence-corrected chi connectivity index (χ1v) is 11.9. The van der Waals surface area contributed by atoms with Gasteiger partial charge in [-0.3, -0.25) is 14.5 Å². The summed E-state index contributed by atoms with van der Waals surface area (Å²) in [6.07, 6.45) is 1.40. The highest BCUT2D eigenvalue weighted by Crippen LogP contribution is 2.32. The summed E-state index contributed by atoms with van der Waals surface area (Å²) in [4.78, 5) is 26.7. The van der Waals surface area contributed by atoms with Crippen molar-refractivity contribution in [2.75, 3.05) is 42.7 Å². The number of hydrogen-bond donors (Lipinski definition) is 2. The number of aromatic amines is 1. The Labute approximate surface area is 215 Å². The Bertz CT molecular complexity index is 1740. The summed E-state index contributed by atoms with van der Waals surface area (Å²) < 4.78 is 22.5. The quantitative estimate of drug-likeness (QED) is 0.370. The number of ether oxygens (including phenoxy) is 1. The van der Waals surface area contributed by atoms with Crippen molar-refractivity contribution >= 4 is 51.0 Å². The molecule has 1 unspecified atom stereocenters. The number of para-hydroxylation sites is 2. The molecule has 2 aromatic carbocycles. The van der Waals surface area contributed by atoms with E-state index in [2.05, 4.69) is 25.1 Å². The Balaban J connectivity index is 1.46. The summed E-state index contributed by atoms with van der Waals surface area (Å²) in [5, 5.41) is 7.21. The van der Waals surface area contributed by atoms with Crippen molar-refractivity contribution in [3.63, 3.8) is 0 Å². The molecule has 5 aromatic rings. The molecular formula is C25H22ClFN8O2. The minimum atomic E-state index is -0.750. The highest BCUT2D eigenvalue weighted by atomic mass is 35.5. The van der Waals surface area contributed by atoms with Crippen LogP contribution in [0.2, 0.25) is 5.02 Å². The Kier molecular flexibility index (Phi) is 5.37. The molecule has 10 nitrogen and oxygen atoms in total. The topological polar surface area (TPSA) is 118 Å². The summed E-state index contributed by atoms with van der Waals surface area (Å²) in [6, 6.07) is 12.3. The fourth-order valence-corrected chi connectivity index (χ4v) is 4.90. The maximum atomic E-state index is 15.1. The van der Waals surface area contributed by atoms with E-state index in [1.165, 1.54) is 12.1 Å². The number of pyridine rings is 1. The number of hydrogen-bond acceptors (Lipinski definition) is 8. The lowest BCUT2D eigenvalue weighted by Gasteiger charge is -2.35. The molecule has 0 spiro atoms. The average molecular weight is 521 g/mol. The SMILES string of the molecule is CN(CC1CN(C)c2ccccc2O1)c1ncc2c3[nH]nc(N)c3c(=O)n(-c3cccc(Cl)c3F)c2n1. The molecule has 4 heterocycles. The summed E-state index contributed by atoms with van der Waals surface area (Å²) in [7, 11) is 3.85. The van der Waals surface area contributed by atoms with Crippen LogP contribution in [0.5, 0.6) is 5.75 Å². The van der Waals surface area contributed by atoms with Gasteiger partial charge < -0.3 is 20.3 Å². The number of nitrogen functional groups attached to an aromatic ring is 1. The first-order valence-electron chi connectivity index (χ1n) is 11.5. The van der Waals surface area contributed by atoms with Gasteiger partial charge in [0.2, 0.25) is 5.95 Å². The van der Waals surface area contributed by atoms with E-state index in [1.54, 1.807) is 12.3 Å². The Morgan fingerprint density at radius 2 is 2.03 bits per heavy atom. The zero-order chi connectivity index (χ0) is 25.8. The van der Waals surface area contributed by atoms with Gasteiger partial charge in [0.25, 0.3) is 5.56 Å². The number of nitrogens with two attached hydrogens (primary N) is 1. The number of rotatable bonds is 4. The number of nitrogens with one attached hydrogen (secondary N) is 1. The number of fused-ring (bicyclic) bond motifs is 4. The molecule has 12 heteroatoms. The minimum absolute atomic E-state index is 0.00173. The van der Waals surface area contributed by atoms with Gasteiger partial charge in [-0.05, 0) is 24.3 Å². The molecular weight excluding hydrogens is 499 g/mol. The molecule has 1 aliphatic rings. The van der Waals surface area contributed by atoms with Crippen molar-refractivity contribution in [3.8, 4) is 11.4 Å². The van der Waals surface area contributed by atoms with Crippen LogP contribution in [0, 0.1) is 5.82 Å². The van der Waals surface area contributed by atoms with Gasteiger partial charge in [-0.1, -0.05) is 29.8 Å². The third-order valence-electron chi connectivity index (χ3n) is 6.49. The molecule has 1 aliphatic heterocycles. The first kappa shape index (κ1) is 23.0. The Hall–Kier alpha value is -4.38. The highest BCUT2D eigenvalue weighted by Gasteiger charge is 2.26. The third kappa shape index (κ3) is 3.70. The lowest BCUT2D eigenvalue weighted by atomic mass is 10.2. The van der Waals surface area contributed by atoms with Gasteiger partial charge in [0.15, 0.2) is 17.3 Å². The summed E-state index contributed by atoms with van der Waals surface area (Å²) >= 11 is 6.04. The molecule has 0 saturated carbocycles. The molecule has 3 N–H and O–H groups in total. The van der Waals surface area contributed by atoms with Crippen LogP contribution >= 0.6 is 11.6 Å². The monoisotopic (exact) mass is 520 g/mol. The second kappa shape index (κ2) is 8.63. The lowest BCUT2D eigenvalue weighted by Crippen LogP contribution is -2.44. The molecule has 0 saturated heterocycles. The molecule has 3 aromatic heterocycles. The number of H-pyrrole nitrogens is 1. The summed E-state index contributed by atoms with van der Waals surface area (Å²) in [5.74, 6) is 0.386. The van der Waals surface area contributed by atoms with Crippen molar-refractivity contribution in [1.82, 2.24) is 24.7 Å². The van der Waals surface area contributed by atoms with E-state index in [-0.39, 0.29) is 33.7 Å². The van der Waals surface area contributed by atoms with Crippen molar-refractivity contribution in [2.45, 2.75) is 6.10 Å². The van der Waals surface area contributed by atoms with Crippen LogP contribution in [0.15, 0.2) is 53.5 Å². The smallest absolute Gasteiger partial charge is 0.270 e. The van der Waals surface area contributed by atoms with Gasteiger partial charge in [0, 0.05) is 20.3 Å². The van der Waals surface area contributed by atoms with Crippen LogP contribution in [-0.2, 0) is 0 Å². The second-order valence-corrected chi connectivity index (χ2v) is 9.36. The maximum absolute atomic E-state index is 15.1. The number of halogens is 2. The van der Waals surface area contributed by atoms with Crippen LogP contribution in [0.1, 0.15) is 0 Å². The zero-order valence-electron chi connectivity index (χ0n) is 19.9. The van der Waals surface area contributed by atoms with Crippen LogP contribution in [0.25, 0.3) is 27.6 Å². The largest absolute Gasteiger partial charge is 0.485 e. The molecule has 6 rings (SSSR count). The van der Waals surface area contributed by atoms with Crippen molar-refractivity contribution in [1.29, 1.82) is 0 Å². The number of nitrogens with zero attached hydrogens (tertiary/aromatic N) is 6.